The van der Waals surface area contributed by atoms with Crippen molar-refractivity contribution < 1.29 is 9.59 Å². The van der Waals surface area contributed by atoms with Crippen molar-refractivity contribution in [2.75, 3.05) is 5.32 Å². The van der Waals surface area contributed by atoms with Gasteiger partial charge in [0.2, 0.25) is 5.91 Å². The van der Waals surface area contributed by atoms with Gasteiger partial charge in [0.1, 0.15) is 10.4 Å². The lowest BCUT2D eigenvalue weighted by molar-refractivity contribution is -0.129. The number of thiocarbonyl (C=S) groups is 1. The van der Waals surface area contributed by atoms with Crippen molar-refractivity contribution in [3.8, 4) is 0 Å². The van der Waals surface area contributed by atoms with E-state index >= 15 is 0 Å². The third-order valence-electron chi connectivity index (χ3n) is 4.06. The van der Waals surface area contributed by atoms with Crippen molar-refractivity contribution in [2.45, 2.75) is 19.9 Å². The summed E-state index contributed by atoms with van der Waals surface area (Å²) in [7, 11) is 0. The Bertz CT molecular complexity index is 941. The van der Waals surface area contributed by atoms with Gasteiger partial charge in [-0.15, -0.1) is 0 Å². The summed E-state index contributed by atoms with van der Waals surface area (Å²) >= 11 is 9.98. The first-order valence-electron chi connectivity index (χ1n) is 8.25. The normalized spacial score (nSPS) is 16.7. The molecule has 1 atom stereocenters. The summed E-state index contributed by atoms with van der Waals surface area (Å²) in [4.78, 5) is 27.3. The molecule has 0 aromatic heterocycles. The highest BCUT2D eigenvalue weighted by Gasteiger charge is 2.38. The van der Waals surface area contributed by atoms with Gasteiger partial charge in [0.15, 0.2) is 0 Å². The van der Waals surface area contributed by atoms with E-state index in [0.29, 0.717) is 14.9 Å². The lowest BCUT2D eigenvalue weighted by Crippen LogP contribution is -2.44. The van der Waals surface area contributed by atoms with Crippen LogP contribution in [0.1, 0.15) is 18.1 Å². The van der Waals surface area contributed by atoms with Crippen molar-refractivity contribution in [1.82, 2.24) is 4.90 Å². The van der Waals surface area contributed by atoms with Crippen LogP contribution in [0.3, 0.4) is 0 Å². The van der Waals surface area contributed by atoms with Crippen molar-refractivity contribution in [1.29, 1.82) is 0 Å². The predicted molar refractivity (Wildman–Crippen MR) is 118 cm³/mol. The molecule has 3 rings (SSSR count). The van der Waals surface area contributed by atoms with Crippen LogP contribution >= 0.6 is 39.9 Å². The third kappa shape index (κ3) is 4.66. The summed E-state index contributed by atoms with van der Waals surface area (Å²) in [5.74, 6) is -0.532. The fourth-order valence-electron chi connectivity index (χ4n) is 2.56. The van der Waals surface area contributed by atoms with Crippen molar-refractivity contribution >= 4 is 67.8 Å². The number of anilines is 1. The molecule has 4 nitrogen and oxygen atoms in total. The van der Waals surface area contributed by atoms with Crippen LogP contribution < -0.4 is 5.32 Å². The number of aryl methyl sites for hydroxylation is 1. The fraction of sp³-hybridized carbons (Fsp3) is 0.150. The molecule has 2 aromatic carbocycles. The van der Waals surface area contributed by atoms with Gasteiger partial charge in [-0.05, 0) is 49.8 Å². The summed E-state index contributed by atoms with van der Waals surface area (Å²) in [6.45, 7) is 3.66. The summed E-state index contributed by atoms with van der Waals surface area (Å²) in [5, 5.41) is 2.83. The summed E-state index contributed by atoms with van der Waals surface area (Å²) in [6, 6.07) is 14.4. The van der Waals surface area contributed by atoms with Gasteiger partial charge in [-0.2, -0.15) is 0 Å². The number of benzene rings is 2. The number of rotatable bonds is 4. The molecule has 1 fully saturated rings. The SMILES string of the molecule is Cc1ccc(NC(=O)C(C)N2C(=O)/C(=C/c3cccc(Br)c3)SC2=S)cc1. The van der Waals surface area contributed by atoms with Gasteiger partial charge < -0.3 is 5.32 Å². The van der Waals surface area contributed by atoms with Gasteiger partial charge in [-0.1, -0.05) is 69.7 Å². The monoisotopic (exact) mass is 460 g/mol. The Morgan fingerprint density at radius 3 is 2.63 bits per heavy atom. The summed E-state index contributed by atoms with van der Waals surface area (Å²) in [5.41, 5.74) is 2.69. The Balaban J connectivity index is 1.75. The van der Waals surface area contributed by atoms with E-state index < -0.39 is 6.04 Å². The van der Waals surface area contributed by atoms with Gasteiger partial charge in [0.25, 0.3) is 5.91 Å². The predicted octanol–water partition coefficient (Wildman–Crippen LogP) is 4.99. The number of halogens is 1. The third-order valence-corrected chi connectivity index (χ3v) is 5.88. The average Bonchev–Trinajstić information content (AvgIpc) is 2.90. The van der Waals surface area contributed by atoms with Gasteiger partial charge in [-0.3, -0.25) is 14.5 Å². The molecule has 1 unspecified atom stereocenters. The standard InChI is InChI=1S/C20H17BrN2O2S2/c1-12-6-8-16(9-7-12)22-18(24)13(2)23-19(25)17(27-20(23)26)11-14-4-3-5-15(21)10-14/h3-11,13H,1-2H3,(H,22,24)/b17-11-. The van der Waals surface area contributed by atoms with Crippen LogP contribution in [-0.4, -0.2) is 27.1 Å². The number of nitrogens with zero attached hydrogens (tertiary/aromatic N) is 1. The maximum Gasteiger partial charge on any atom is 0.266 e. The highest BCUT2D eigenvalue weighted by molar-refractivity contribution is 9.10. The van der Waals surface area contributed by atoms with E-state index in [9.17, 15) is 9.59 Å². The van der Waals surface area contributed by atoms with Crippen LogP contribution in [0.2, 0.25) is 0 Å². The molecule has 1 N–H and O–H groups in total. The average molecular weight is 461 g/mol. The molecule has 0 radical (unpaired) electrons. The number of carbonyl (C=O) groups excluding carboxylic acids is 2. The molecular formula is C20H17BrN2O2S2. The van der Waals surface area contributed by atoms with Crippen LogP contribution in [0.4, 0.5) is 5.69 Å². The smallest absolute Gasteiger partial charge is 0.266 e. The summed E-state index contributed by atoms with van der Waals surface area (Å²) < 4.78 is 1.31. The Labute approximate surface area is 176 Å². The minimum absolute atomic E-state index is 0.253. The van der Waals surface area contributed by atoms with E-state index in [2.05, 4.69) is 21.2 Å². The minimum atomic E-state index is -0.702. The maximum atomic E-state index is 12.8. The molecule has 2 amide bonds. The van der Waals surface area contributed by atoms with Gasteiger partial charge >= 0.3 is 0 Å². The molecule has 1 aliphatic rings. The molecule has 7 heteroatoms. The molecule has 0 bridgehead atoms. The second-order valence-electron chi connectivity index (χ2n) is 6.14. The van der Waals surface area contributed by atoms with Crippen molar-refractivity contribution in [3.05, 3.63) is 69.0 Å². The molecule has 1 saturated heterocycles. The first-order valence-corrected chi connectivity index (χ1v) is 10.3. The zero-order valence-corrected chi connectivity index (χ0v) is 18.0. The molecule has 0 aliphatic carbocycles. The number of amides is 2. The van der Waals surface area contributed by atoms with Gasteiger partial charge in [-0.25, -0.2) is 0 Å². The molecular weight excluding hydrogens is 444 g/mol. The zero-order valence-electron chi connectivity index (χ0n) is 14.7. The largest absolute Gasteiger partial charge is 0.324 e. The van der Waals surface area contributed by atoms with Gasteiger partial charge in [0, 0.05) is 10.2 Å². The second-order valence-corrected chi connectivity index (χ2v) is 8.73. The Morgan fingerprint density at radius 2 is 1.96 bits per heavy atom. The van der Waals surface area contributed by atoms with E-state index in [1.165, 1.54) is 16.7 Å². The van der Waals surface area contributed by atoms with Crippen LogP contribution in [0.25, 0.3) is 6.08 Å². The highest BCUT2D eigenvalue weighted by atomic mass is 79.9. The van der Waals surface area contributed by atoms with Crippen molar-refractivity contribution in [2.24, 2.45) is 0 Å². The zero-order chi connectivity index (χ0) is 19.6. The first-order chi connectivity index (χ1) is 12.8. The number of thioether (sulfide) groups is 1. The second kappa shape index (κ2) is 8.37. The van der Waals surface area contributed by atoms with Crippen LogP contribution in [0.5, 0.6) is 0 Å². The topological polar surface area (TPSA) is 49.4 Å². The number of hydrogen-bond acceptors (Lipinski definition) is 4. The van der Waals surface area contributed by atoms with E-state index in [4.69, 9.17) is 12.2 Å². The fourth-order valence-corrected chi connectivity index (χ4v) is 4.40. The molecule has 0 saturated carbocycles. The number of nitrogens with one attached hydrogen (secondary N) is 1. The maximum absolute atomic E-state index is 12.8. The summed E-state index contributed by atoms with van der Waals surface area (Å²) in [6.07, 6.45) is 1.79. The first kappa shape index (κ1) is 19.8. The number of carbonyl (C=O) groups is 2. The Kier molecular flexibility index (Phi) is 6.14. The van der Waals surface area contributed by atoms with Crippen LogP contribution in [0.15, 0.2) is 57.9 Å². The number of hydrogen-bond donors (Lipinski definition) is 1. The van der Waals surface area contributed by atoms with E-state index in [1.807, 2.05) is 55.5 Å². The lowest BCUT2D eigenvalue weighted by Gasteiger charge is -2.22. The minimum Gasteiger partial charge on any atom is -0.324 e. The van der Waals surface area contributed by atoms with Crippen LogP contribution in [0, 0.1) is 6.92 Å². The molecule has 1 heterocycles. The highest BCUT2D eigenvalue weighted by Crippen LogP contribution is 2.34. The molecule has 0 spiro atoms. The molecule has 138 valence electrons. The Morgan fingerprint density at radius 1 is 1.26 bits per heavy atom. The molecule has 1 aliphatic heterocycles. The lowest BCUT2D eigenvalue weighted by atomic mass is 10.2. The molecule has 27 heavy (non-hydrogen) atoms. The van der Waals surface area contributed by atoms with E-state index in [1.54, 1.807) is 13.0 Å². The van der Waals surface area contributed by atoms with Crippen molar-refractivity contribution in [3.63, 3.8) is 0 Å². The van der Waals surface area contributed by atoms with Gasteiger partial charge in [0.05, 0.1) is 4.91 Å². The Hall–Kier alpha value is -1.96. The van der Waals surface area contributed by atoms with Crippen LogP contribution in [-0.2, 0) is 9.59 Å². The van der Waals surface area contributed by atoms with E-state index in [-0.39, 0.29) is 11.8 Å². The quantitative estimate of drug-likeness (QED) is 0.515. The van der Waals surface area contributed by atoms with E-state index in [0.717, 1.165) is 15.6 Å². The molecule has 2 aromatic rings.